The van der Waals surface area contributed by atoms with E-state index in [1.165, 1.54) is 0 Å². The van der Waals surface area contributed by atoms with Gasteiger partial charge in [-0.3, -0.25) is 0 Å². The third-order valence-corrected chi connectivity index (χ3v) is 3.42. The lowest BCUT2D eigenvalue weighted by atomic mass is 10.3. The van der Waals surface area contributed by atoms with Crippen molar-refractivity contribution in [2.75, 3.05) is 14.2 Å². The molecule has 0 aliphatic heterocycles. The minimum atomic E-state index is 0.305. The SMILES string of the molecule is COc1ccc(OCc2nc(-c3ccc[nH]3)nn2C)cc1OC. The van der Waals surface area contributed by atoms with Gasteiger partial charge < -0.3 is 19.2 Å². The van der Waals surface area contributed by atoms with Crippen LogP contribution in [0.15, 0.2) is 36.5 Å². The average molecular weight is 314 g/mol. The number of aromatic nitrogens is 4. The summed E-state index contributed by atoms with van der Waals surface area (Å²) in [7, 11) is 5.03. The Hall–Kier alpha value is -2.96. The van der Waals surface area contributed by atoms with E-state index in [0.717, 1.165) is 11.5 Å². The summed E-state index contributed by atoms with van der Waals surface area (Å²) in [6.45, 7) is 0.305. The van der Waals surface area contributed by atoms with E-state index in [0.29, 0.717) is 29.7 Å². The number of benzene rings is 1. The number of nitrogens with one attached hydrogen (secondary N) is 1. The minimum Gasteiger partial charge on any atom is -0.493 e. The zero-order chi connectivity index (χ0) is 16.2. The third-order valence-electron chi connectivity index (χ3n) is 3.42. The number of H-pyrrole nitrogens is 1. The largest absolute Gasteiger partial charge is 0.493 e. The first kappa shape index (κ1) is 15.0. The second-order valence-corrected chi connectivity index (χ2v) is 4.86. The van der Waals surface area contributed by atoms with Gasteiger partial charge in [0.1, 0.15) is 12.4 Å². The first-order chi connectivity index (χ1) is 11.2. The topological polar surface area (TPSA) is 74.2 Å². The number of hydrogen-bond acceptors (Lipinski definition) is 5. The van der Waals surface area contributed by atoms with E-state index in [4.69, 9.17) is 14.2 Å². The fourth-order valence-electron chi connectivity index (χ4n) is 2.18. The minimum absolute atomic E-state index is 0.305. The standard InChI is InChI=1S/C16H18N4O3/c1-20-15(18-16(19-20)12-5-4-8-17-12)10-23-11-6-7-13(21-2)14(9-11)22-3/h4-9,17H,10H2,1-3H3. The number of rotatable bonds is 6. The van der Waals surface area contributed by atoms with Crippen molar-refractivity contribution in [1.82, 2.24) is 19.7 Å². The third kappa shape index (κ3) is 3.13. The number of methoxy groups -OCH3 is 2. The van der Waals surface area contributed by atoms with Crippen LogP contribution in [-0.2, 0) is 13.7 Å². The number of hydrogen-bond donors (Lipinski definition) is 1. The smallest absolute Gasteiger partial charge is 0.197 e. The molecule has 2 heterocycles. The van der Waals surface area contributed by atoms with Crippen LogP contribution < -0.4 is 14.2 Å². The van der Waals surface area contributed by atoms with Gasteiger partial charge in [0.05, 0.1) is 19.9 Å². The van der Waals surface area contributed by atoms with E-state index < -0.39 is 0 Å². The predicted molar refractivity (Wildman–Crippen MR) is 84.7 cm³/mol. The summed E-state index contributed by atoms with van der Waals surface area (Å²) in [4.78, 5) is 7.57. The summed E-state index contributed by atoms with van der Waals surface area (Å²) in [5.41, 5.74) is 0.873. The van der Waals surface area contributed by atoms with Crippen LogP contribution in [0.5, 0.6) is 17.2 Å². The molecular weight excluding hydrogens is 296 g/mol. The van der Waals surface area contributed by atoms with E-state index >= 15 is 0 Å². The van der Waals surface area contributed by atoms with Crippen LogP contribution in [0.1, 0.15) is 5.82 Å². The summed E-state index contributed by atoms with van der Waals surface area (Å²) < 4.78 is 18.0. The average Bonchev–Trinajstić information content (AvgIpc) is 3.22. The molecule has 1 N–H and O–H groups in total. The zero-order valence-corrected chi connectivity index (χ0v) is 13.2. The number of nitrogens with zero attached hydrogens (tertiary/aromatic N) is 3. The summed E-state index contributed by atoms with van der Waals surface area (Å²) >= 11 is 0. The quantitative estimate of drug-likeness (QED) is 0.756. The van der Waals surface area contributed by atoms with E-state index in [1.54, 1.807) is 31.0 Å². The number of ether oxygens (including phenoxy) is 3. The maximum absolute atomic E-state index is 5.78. The molecule has 23 heavy (non-hydrogen) atoms. The molecule has 0 aliphatic rings. The summed E-state index contributed by atoms with van der Waals surface area (Å²) in [6, 6.07) is 9.24. The Balaban J connectivity index is 1.73. The zero-order valence-electron chi connectivity index (χ0n) is 13.2. The summed E-state index contributed by atoms with van der Waals surface area (Å²) in [5.74, 6) is 3.32. The van der Waals surface area contributed by atoms with E-state index in [2.05, 4.69) is 15.1 Å². The van der Waals surface area contributed by atoms with Crippen molar-refractivity contribution in [2.45, 2.75) is 6.61 Å². The van der Waals surface area contributed by atoms with Crippen LogP contribution >= 0.6 is 0 Å². The molecule has 0 saturated carbocycles. The first-order valence-electron chi connectivity index (χ1n) is 7.09. The van der Waals surface area contributed by atoms with Crippen LogP contribution in [-0.4, -0.2) is 34.0 Å². The molecule has 3 rings (SSSR count). The van der Waals surface area contributed by atoms with Gasteiger partial charge in [0, 0.05) is 19.3 Å². The van der Waals surface area contributed by atoms with Gasteiger partial charge in [0.2, 0.25) is 0 Å². The number of aromatic amines is 1. The highest BCUT2D eigenvalue weighted by Gasteiger charge is 2.11. The molecule has 0 saturated heterocycles. The molecule has 1 aromatic carbocycles. The normalized spacial score (nSPS) is 10.6. The highest BCUT2D eigenvalue weighted by Crippen LogP contribution is 2.31. The van der Waals surface area contributed by atoms with Crippen LogP contribution in [0.2, 0.25) is 0 Å². The Morgan fingerprint density at radius 2 is 1.96 bits per heavy atom. The maximum Gasteiger partial charge on any atom is 0.197 e. The maximum atomic E-state index is 5.78. The van der Waals surface area contributed by atoms with Gasteiger partial charge in [-0.2, -0.15) is 0 Å². The molecule has 7 heteroatoms. The molecule has 0 atom stereocenters. The predicted octanol–water partition coefficient (Wildman–Crippen LogP) is 2.41. The van der Waals surface area contributed by atoms with Gasteiger partial charge in [0.15, 0.2) is 23.1 Å². The number of aryl methyl sites for hydroxylation is 1. The second-order valence-electron chi connectivity index (χ2n) is 4.86. The van der Waals surface area contributed by atoms with Crippen molar-refractivity contribution < 1.29 is 14.2 Å². The molecule has 0 aliphatic carbocycles. The van der Waals surface area contributed by atoms with Crippen LogP contribution in [0.25, 0.3) is 11.5 Å². The summed E-state index contributed by atoms with van der Waals surface area (Å²) in [5, 5.41) is 4.38. The molecule has 0 unspecified atom stereocenters. The molecule has 2 aromatic heterocycles. The lowest BCUT2D eigenvalue weighted by Gasteiger charge is -2.10. The molecule has 0 spiro atoms. The van der Waals surface area contributed by atoms with Crippen LogP contribution in [0.4, 0.5) is 0 Å². The lowest BCUT2D eigenvalue weighted by Crippen LogP contribution is -2.04. The van der Waals surface area contributed by atoms with Gasteiger partial charge >= 0.3 is 0 Å². The summed E-state index contributed by atoms with van der Waals surface area (Å²) in [6.07, 6.45) is 1.84. The fraction of sp³-hybridized carbons (Fsp3) is 0.250. The Bertz CT molecular complexity index is 781. The fourth-order valence-corrected chi connectivity index (χ4v) is 2.18. The van der Waals surface area contributed by atoms with E-state index in [-0.39, 0.29) is 0 Å². The second kappa shape index (κ2) is 6.43. The van der Waals surface area contributed by atoms with Crippen molar-refractivity contribution in [3.05, 3.63) is 42.4 Å². The Kier molecular flexibility index (Phi) is 4.18. The molecule has 0 fully saturated rings. The molecule has 0 amide bonds. The highest BCUT2D eigenvalue weighted by atomic mass is 16.5. The van der Waals surface area contributed by atoms with Crippen molar-refractivity contribution in [2.24, 2.45) is 7.05 Å². The molecule has 0 radical (unpaired) electrons. The Morgan fingerprint density at radius 3 is 2.65 bits per heavy atom. The van der Waals surface area contributed by atoms with Crippen molar-refractivity contribution in [1.29, 1.82) is 0 Å². The molecule has 120 valence electrons. The monoisotopic (exact) mass is 314 g/mol. The lowest BCUT2D eigenvalue weighted by molar-refractivity contribution is 0.285. The van der Waals surface area contributed by atoms with E-state index in [9.17, 15) is 0 Å². The van der Waals surface area contributed by atoms with E-state index in [1.807, 2.05) is 31.4 Å². The Morgan fingerprint density at radius 1 is 1.13 bits per heavy atom. The Labute approximate surface area is 133 Å². The van der Waals surface area contributed by atoms with Gasteiger partial charge in [-0.15, -0.1) is 5.10 Å². The molecule has 0 bridgehead atoms. The highest BCUT2D eigenvalue weighted by molar-refractivity contribution is 5.48. The van der Waals surface area contributed by atoms with Gasteiger partial charge in [-0.1, -0.05) is 0 Å². The molecule has 7 nitrogen and oxygen atoms in total. The van der Waals surface area contributed by atoms with Gasteiger partial charge in [-0.05, 0) is 24.3 Å². The van der Waals surface area contributed by atoms with Crippen LogP contribution in [0.3, 0.4) is 0 Å². The van der Waals surface area contributed by atoms with Crippen molar-refractivity contribution in [3.8, 4) is 28.8 Å². The molecular formula is C16H18N4O3. The van der Waals surface area contributed by atoms with Gasteiger partial charge in [-0.25, -0.2) is 9.67 Å². The van der Waals surface area contributed by atoms with Gasteiger partial charge in [0.25, 0.3) is 0 Å². The van der Waals surface area contributed by atoms with Crippen LogP contribution in [0, 0.1) is 0 Å². The first-order valence-corrected chi connectivity index (χ1v) is 7.09. The van der Waals surface area contributed by atoms with Crippen molar-refractivity contribution >= 4 is 0 Å². The van der Waals surface area contributed by atoms with Crippen molar-refractivity contribution in [3.63, 3.8) is 0 Å². The molecule has 3 aromatic rings.